The largest absolute Gasteiger partial charge is 0.495 e. The van der Waals surface area contributed by atoms with E-state index in [1.165, 1.54) is 43.7 Å². The van der Waals surface area contributed by atoms with Gasteiger partial charge in [0, 0.05) is 18.7 Å². The molecule has 0 bridgehead atoms. The molecule has 19 heavy (non-hydrogen) atoms. The van der Waals surface area contributed by atoms with Crippen molar-refractivity contribution in [3.63, 3.8) is 0 Å². The summed E-state index contributed by atoms with van der Waals surface area (Å²) in [4.78, 5) is 3.79. The second kappa shape index (κ2) is 6.26. The molecular weight excluding hydrogens is 252 g/mol. The zero-order valence-electron chi connectivity index (χ0n) is 11.4. The Labute approximate surface area is 111 Å². The second-order valence-corrected chi connectivity index (χ2v) is 3.85. The fourth-order valence-corrected chi connectivity index (χ4v) is 1.52. The number of ether oxygens (including phenoxy) is 1. The van der Waals surface area contributed by atoms with Crippen LogP contribution in [0.15, 0.2) is 45.4 Å². The van der Waals surface area contributed by atoms with E-state index in [1.807, 2.05) is 0 Å². The molecular formula is C13H17F2N3O. The maximum atomic E-state index is 13.9. The number of aliphatic imine (C=N–C) groups is 1. The summed E-state index contributed by atoms with van der Waals surface area (Å²) in [5.41, 5.74) is 0.116. The fourth-order valence-electron chi connectivity index (χ4n) is 1.52. The first kappa shape index (κ1) is 15.1. The van der Waals surface area contributed by atoms with E-state index in [-0.39, 0.29) is 11.3 Å². The Hall–Kier alpha value is -1.98. The van der Waals surface area contributed by atoms with Gasteiger partial charge in [0.05, 0.1) is 19.0 Å². The average molecular weight is 269 g/mol. The van der Waals surface area contributed by atoms with Crippen LogP contribution in [0, 0.1) is 0 Å². The number of allylic oxidation sites excluding steroid dienone is 5. The van der Waals surface area contributed by atoms with Crippen LogP contribution in [0.3, 0.4) is 0 Å². The van der Waals surface area contributed by atoms with Crippen molar-refractivity contribution in [3.8, 4) is 0 Å². The number of methoxy groups -OCH3 is 1. The highest BCUT2D eigenvalue weighted by atomic mass is 19.3. The average Bonchev–Trinajstić information content (AvgIpc) is 2.38. The van der Waals surface area contributed by atoms with Crippen molar-refractivity contribution < 1.29 is 13.5 Å². The summed E-state index contributed by atoms with van der Waals surface area (Å²) in [6.45, 7) is 2.91. The molecule has 1 heterocycles. The van der Waals surface area contributed by atoms with Crippen molar-refractivity contribution in [1.82, 2.24) is 5.01 Å². The van der Waals surface area contributed by atoms with E-state index in [4.69, 9.17) is 4.74 Å². The van der Waals surface area contributed by atoms with Gasteiger partial charge in [-0.05, 0) is 19.9 Å². The van der Waals surface area contributed by atoms with Crippen LogP contribution in [0.4, 0.5) is 8.78 Å². The highest BCUT2D eigenvalue weighted by Crippen LogP contribution is 2.31. The molecule has 0 saturated carbocycles. The quantitative estimate of drug-likeness (QED) is 0.447. The smallest absolute Gasteiger partial charge is 0.289 e. The predicted molar refractivity (Wildman–Crippen MR) is 72.3 cm³/mol. The Morgan fingerprint density at radius 2 is 2.21 bits per heavy atom. The fraction of sp³-hybridized carbons (Fsp3) is 0.385. The Morgan fingerprint density at radius 1 is 1.53 bits per heavy atom. The number of hydrogen-bond acceptors (Lipinski definition) is 3. The Balaban J connectivity index is 3.31. The summed E-state index contributed by atoms with van der Waals surface area (Å²) in [5.74, 6) is -2.64. The second-order valence-electron chi connectivity index (χ2n) is 3.85. The zero-order chi connectivity index (χ0) is 14.5. The summed E-state index contributed by atoms with van der Waals surface area (Å²) in [6.07, 6.45) is 6.46. The van der Waals surface area contributed by atoms with Crippen LogP contribution in [0.5, 0.6) is 0 Å². The summed E-state index contributed by atoms with van der Waals surface area (Å²) in [7, 11) is 3.00. The first-order chi connectivity index (χ1) is 8.96. The molecule has 0 aromatic rings. The van der Waals surface area contributed by atoms with Gasteiger partial charge in [-0.15, -0.1) is 0 Å². The van der Waals surface area contributed by atoms with Crippen molar-refractivity contribution in [3.05, 3.63) is 35.3 Å². The van der Waals surface area contributed by atoms with Gasteiger partial charge in [-0.1, -0.05) is 6.08 Å². The molecule has 0 radical (unpaired) electrons. The highest BCUT2D eigenvalue weighted by molar-refractivity contribution is 5.80. The molecule has 0 atom stereocenters. The summed E-state index contributed by atoms with van der Waals surface area (Å²) in [6, 6.07) is 0. The molecule has 0 unspecified atom stereocenters. The van der Waals surface area contributed by atoms with E-state index in [0.29, 0.717) is 5.76 Å². The standard InChI is InChI=1S/C13H17F2N3O/c1-5-6-13(14,15)10(2)12-7-11(19-4)8-17-18(12)9-16-3/h5-9H,1-4H3/b6-5+,12-10+,16-9?. The molecule has 0 aromatic heterocycles. The maximum Gasteiger partial charge on any atom is 0.289 e. The number of nitrogens with zero attached hydrogens (tertiary/aromatic N) is 3. The van der Waals surface area contributed by atoms with Crippen LogP contribution in [0.25, 0.3) is 0 Å². The molecule has 0 saturated heterocycles. The van der Waals surface area contributed by atoms with Crippen LogP contribution in [0.1, 0.15) is 13.8 Å². The molecule has 1 aliphatic heterocycles. The van der Waals surface area contributed by atoms with E-state index in [1.54, 1.807) is 14.0 Å². The maximum absolute atomic E-state index is 13.9. The van der Waals surface area contributed by atoms with Gasteiger partial charge < -0.3 is 4.74 Å². The minimum Gasteiger partial charge on any atom is -0.495 e. The van der Waals surface area contributed by atoms with Gasteiger partial charge in [0.15, 0.2) is 0 Å². The van der Waals surface area contributed by atoms with Crippen LogP contribution >= 0.6 is 0 Å². The van der Waals surface area contributed by atoms with Gasteiger partial charge in [-0.25, -0.2) is 5.01 Å². The van der Waals surface area contributed by atoms with Gasteiger partial charge in [0.25, 0.3) is 5.92 Å². The van der Waals surface area contributed by atoms with Gasteiger partial charge in [-0.2, -0.15) is 13.9 Å². The summed E-state index contributed by atoms with van der Waals surface area (Å²) < 4.78 is 32.8. The molecule has 0 N–H and O–H groups in total. The molecule has 0 amide bonds. The highest BCUT2D eigenvalue weighted by Gasteiger charge is 2.32. The van der Waals surface area contributed by atoms with E-state index in [0.717, 1.165) is 6.08 Å². The molecule has 0 aliphatic carbocycles. The summed E-state index contributed by atoms with van der Waals surface area (Å²) >= 11 is 0. The monoisotopic (exact) mass is 269 g/mol. The van der Waals surface area contributed by atoms with Gasteiger partial charge in [-0.3, -0.25) is 4.99 Å². The van der Waals surface area contributed by atoms with Crippen LogP contribution in [-0.2, 0) is 4.74 Å². The number of halogens is 2. The lowest BCUT2D eigenvalue weighted by Gasteiger charge is -2.24. The SMILES string of the molecule is C/C=C/C(F)(F)/C(C)=C1\C=C(OC)C=NN1C=NC. The van der Waals surface area contributed by atoms with E-state index >= 15 is 0 Å². The molecule has 0 aromatic carbocycles. The van der Waals surface area contributed by atoms with Crippen LogP contribution < -0.4 is 0 Å². The van der Waals surface area contributed by atoms with Crippen molar-refractivity contribution in [1.29, 1.82) is 0 Å². The molecule has 104 valence electrons. The number of hydrazone groups is 1. The lowest BCUT2D eigenvalue weighted by molar-refractivity contribution is 0.0942. The third-order valence-electron chi connectivity index (χ3n) is 2.56. The predicted octanol–water partition coefficient (Wildman–Crippen LogP) is 2.96. The van der Waals surface area contributed by atoms with Crippen LogP contribution in [0.2, 0.25) is 0 Å². The molecule has 1 aliphatic rings. The van der Waals surface area contributed by atoms with Crippen molar-refractivity contribution in [2.24, 2.45) is 10.1 Å². The van der Waals surface area contributed by atoms with Crippen LogP contribution in [-0.4, -0.2) is 37.6 Å². The number of rotatable bonds is 4. The normalized spacial score (nSPS) is 19.3. The Bertz CT molecular complexity index is 476. The van der Waals surface area contributed by atoms with E-state index in [9.17, 15) is 8.78 Å². The molecule has 0 fully saturated rings. The lowest BCUT2D eigenvalue weighted by Crippen LogP contribution is -2.25. The van der Waals surface area contributed by atoms with Gasteiger partial charge in [0.2, 0.25) is 0 Å². The van der Waals surface area contributed by atoms with Gasteiger partial charge in [0.1, 0.15) is 12.1 Å². The van der Waals surface area contributed by atoms with Gasteiger partial charge >= 0.3 is 0 Å². The number of alkyl halides is 2. The minimum absolute atomic E-state index is 0.128. The van der Waals surface area contributed by atoms with Crippen molar-refractivity contribution in [2.45, 2.75) is 19.8 Å². The summed E-state index contributed by atoms with van der Waals surface area (Å²) in [5, 5.41) is 5.28. The molecule has 6 heteroatoms. The third kappa shape index (κ3) is 3.49. The first-order valence-corrected chi connectivity index (χ1v) is 5.70. The Kier molecular flexibility index (Phi) is 4.97. The minimum atomic E-state index is -3.05. The van der Waals surface area contributed by atoms with Crippen molar-refractivity contribution >= 4 is 12.6 Å². The molecule has 4 nitrogen and oxygen atoms in total. The van der Waals surface area contributed by atoms with Crippen molar-refractivity contribution in [2.75, 3.05) is 14.2 Å². The molecule has 1 rings (SSSR count). The first-order valence-electron chi connectivity index (χ1n) is 5.70. The Morgan fingerprint density at radius 3 is 2.74 bits per heavy atom. The third-order valence-corrected chi connectivity index (χ3v) is 2.56. The lowest BCUT2D eigenvalue weighted by atomic mass is 10.1. The zero-order valence-corrected chi connectivity index (χ0v) is 11.4. The van der Waals surface area contributed by atoms with E-state index in [2.05, 4.69) is 10.1 Å². The number of hydrogen-bond donors (Lipinski definition) is 0. The molecule has 0 spiro atoms. The van der Waals surface area contributed by atoms with E-state index < -0.39 is 5.92 Å². The topological polar surface area (TPSA) is 37.2 Å².